The van der Waals surface area contributed by atoms with E-state index in [1.54, 1.807) is 65.8 Å². The van der Waals surface area contributed by atoms with Crippen molar-refractivity contribution in [1.29, 1.82) is 0 Å². The van der Waals surface area contributed by atoms with Crippen molar-refractivity contribution in [3.8, 4) is 0 Å². The van der Waals surface area contributed by atoms with Crippen LogP contribution in [0.5, 0.6) is 0 Å². The summed E-state index contributed by atoms with van der Waals surface area (Å²) in [5.74, 6) is -0.737. The summed E-state index contributed by atoms with van der Waals surface area (Å²) in [6.07, 6.45) is -2.03. The number of hydrogen-bond donors (Lipinski definition) is 3. The third-order valence-electron chi connectivity index (χ3n) is 3.74. The lowest BCUT2D eigenvalue weighted by atomic mass is 10.0. The first-order valence-corrected chi connectivity index (χ1v) is 9.49. The number of carbonyl (C=O) groups excluding carboxylic acids is 3. The van der Waals surface area contributed by atoms with Crippen LogP contribution in [0.15, 0.2) is 24.3 Å². The van der Waals surface area contributed by atoms with Crippen LogP contribution in [0.4, 0.5) is 15.3 Å². The molecular formula is C20H29N3O7. The Bertz CT molecular complexity index is 813. The molecule has 30 heavy (non-hydrogen) atoms. The minimum Gasteiger partial charge on any atom is -0.443 e. The van der Waals surface area contributed by atoms with Crippen molar-refractivity contribution in [2.24, 2.45) is 0 Å². The van der Waals surface area contributed by atoms with E-state index in [2.05, 4.69) is 10.7 Å². The second-order valence-corrected chi connectivity index (χ2v) is 8.65. The van der Waals surface area contributed by atoms with Gasteiger partial charge >= 0.3 is 12.2 Å². The minimum atomic E-state index is -2.11. The van der Waals surface area contributed by atoms with Crippen molar-refractivity contribution in [2.75, 3.05) is 18.5 Å². The number of rotatable bonds is 4. The molecule has 1 atom stereocenters. The molecule has 0 bridgehead atoms. The second-order valence-electron chi connectivity index (χ2n) is 8.65. The van der Waals surface area contributed by atoms with E-state index >= 15 is 0 Å². The van der Waals surface area contributed by atoms with E-state index in [1.807, 2.05) is 0 Å². The number of anilines is 1. The lowest BCUT2D eigenvalue weighted by Crippen LogP contribution is -2.63. The van der Waals surface area contributed by atoms with Crippen molar-refractivity contribution in [3.05, 3.63) is 29.8 Å². The highest BCUT2D eigenvalue weighted by Gasteiger charge is 2.57. The molecule has 1 aliphatic rings. The summed E-state index contributed by atoms with van der Waals surface area (Å²) in [5, 5.41) is 12.6. The summed E-state index contributed by atoms with van der Waals surface area (Å²) < 4.78 is 16.4. The Hall–Kier alpha value is -2.85. The van der Waals surface area contributed by atoms with E-state index in [9.17, 15) is 19.5 Å². The van der Waals surface area contributed by atoms with Gasteiger partial charge in [-0.15, -0.1) is 0 Å². The highest BCUT2D eigenvalue weighted by atomic mass is 16.6. The Labute approximate surface area is 175 Å². The van der Waals surface area contributed by atoms with Gasteiger partial charge in [0, 0.05) is 11.3 Å². The van der Waals surface area contributed by atoms with E-state index in [0.717, 1.165) is 0 Å². The van der Waals surface area contributed by atoms with E-state index in [1.165, 1.54) is 0 Å². The Morgan fingerprint density at radius 1 is 1.10 bits per heavy atom. The average molecular weight is 423 g/mol. The van der Waals surface area contributed by atoms with Crippen LogP contribution in [0.1, 0.15) is 47.1 Å². The van der Waals surface area contributed by atoms with E-state index in [4.69, 9.17) is 14.2 Å². The summed E-state index contributed by atoms with van der Waals surface area (Å²) in [6, 6.07) is 6.54. The molecule has 1 heterocycles. The van der Waals surface area contributed by atoms with Gasteiger partial charge in [-0.2, -0.15) is 5.01 Å². The third kappa shape index (κ3) is 5.19. The van der Waals surface area contributed by atoms with Gasteiger partial charge in [0.25, 0.3) is 11.6 Å². The first kappa shape index (κ1) is 23.4. The van der Waals surface area contributed by atoms with Crippen molar-refractivity contribution in [3.63, 3.8) is 0 Å². The predicted molar refractivity (Wildman–Crippen MR) is 107 cm³/mol. The van der Waals surface area contributed by atoms with Crippen LogP contribution in [0.25, 0.3) is 0 Å². The number of hydrogen-bond acceptors (Lipinski definition) is 7. The fraction of sp³-hybridized carbons (Fsp3) is 0.550. The molecule has 3 N–H and O–H groups in total. The van der Waals surface area contributed by atoms with Crippen molar-refractivity contribution in [1.82, 2.24) is 10.4 Å². The Balaban J connectivity index is 2.57. The number of hydrazine groups is 1. The predicted octanol–water partition coefficient (Wildman–Crippen LogP) is 2.48. The van der Waals surface area contributed by atoms with Gasteiger partial charge in [-0.05, 0) is 47.6 Å². The standard InChI is InChI=1S/C20H29N3O7/c1-18(2,3)29-16(26)22-23(17(27)30-19(4,5)6)20(28-12-11-24)13-9-7-8-10-14(13)21-15(20)25/h7-10,24H,11-12H2,1-6H3,(H,21,25)(H,22,26). The average Bonchev–Trinajstić information content (AvgIpc) is 2.87. The molecule has 0 saturated carbocycles. The first-order chi connectivity index (χ1) is 13.8. The molecule has 1 aliphatic heterocycles. The summed E-state index contributed by atoms with van der Waals surface area (Å²) in [5.41, 5.74) is -0.961. The normalized spacial score (nSPS) is 18.3. The van der Waals surface area contributed by atoms with Crippen LogP contribution in [0.2, 0.25) is 0 Å². The van der Waals surface area contributed by atoms with Gasteiger partial charge in [-0.3, -0.25) is 4.79 Å². The number of benzene rings is 1. The summed E-state index contributed by atoms with van der Waals surface area (Å²) in [7, 11) is 0. The molecule has 0 spiro atoms. The lowest BCUT2D eigenvalue weighted by molar-refractivity contribution is -0.184. The molecule has 1 aromatic rings. The molecular weight excluding hydrogens is 394 g/mol. The number of amides is 3. The zero-order valence-corrected chi connectivity index (χ0v) is 18.1. The van der Waals surface area contributed by atoms with E-state index in [0.29, 0.717) is 10.7 Å². The fourth-order valence-corrected chi connectivity index (χ4v) is 2.79. The maximum atomic E-state index is 13.1. The molecule has 1 aromatic carbocycles. The van der Waals surface area contributed by atoms with Crippen molar-refractivity contribution in [2.45, 2.75) is 58.5 Å². The van der Waals surface area contributed by atoms with Gasteiger partial charge < -0.3 is 24.6 Å². The maximum absolute atomic E-state index is 13.1. The number of fused-ring (bicyclic) bond motifs is 1. The maximum Gasteiger partial charge on any atom is 0.432 e. The lowest BCUT2D eigenvalue weighted by Gasteiger charge is -2.39. The largest absolute Gasteiger partial charge is 0.443 e. The number of ether oxygens (including phenoxy) is 3. The SMILES string of the molecule is CC(C)(C)OC(=O)NN(C(=O)OC(C)(C)C)C1(OCCO)C(=O)Nc2ccccc21. The molecule has 0 saturated heterocycles. The molecule has 2 rings (SSSR count). The topological polar surface area (TPSA) is 126 Å². The smallest absolute Gasteiger partial charge is 0.432 e. The molecule has 10 heteroatoms. The van der Waals surface area contributed by atoms with Crippen LogP contribution in [0, 0.1) is 0 Å². The molecule has 0 aliphatic carbocycles. The molecule has 3 amide bonds. The van der Waals surface area contributed by atoms with E-state index < -0.39 is 41.6 Å². The Kier molecular flexibility index (Phi) is 6.63. The van der Waals surface area contributed by atoms with Crippen LogP contribution in [-0.4, -0.2) is 52.6 Å². The number of aliphatic hydroxyl groups excluding tert-OH is 1. The zero-order chi connectivity index (χ0) is 22.7. The van der Waals surface area contributed by atoms with Gasteiger partial charge in [0.2, 0.25) is 0 Å². The molecule has 0 aromatic heterocycles. The van der Waals surface area contributed by atoms with E-state index in [-0.39, 0.29) is 12.2 Å². The van der Waals surface area contributed by atoms with Gasteiger partial charge in [0.1, 0.15) is 11.2 Å². The van der Waals surface area contributed by atoms with Gasteiger partial charge in [-0.25, -0.2) is 15.0 Å². The zero-order valence-electron chi connectivity index (χ0n) is 18.1. The molecule has 0 fully saturated rings. The highest BCUT2D eigenvalue weighted by molar-refractivity contribution is 6.06. The quantitative estimate of drug-likeness (QED) is 0.502. The van der Waals surface area contributed by atoms with Gasteiger partial charge in [0.15, 0.2) is 0 Å². The number of nitrogens with one attached hydrogen (secondary N) is 2. The van der Waals surface area contributed by atoms with Crippen LogP contribution < -0.4 is 10.7 Å². The number of aliphatic hydroxyl groups is 1. The summed E-state index contributed by atoms with van der Waals surface area (Å²) in [4.78, 5) is 38.7. The molecule has 0 radical (unpaired) electrons. The summed E-state index contributed by atoms with van der Waals surface area (Å²) >= 11 is 0. The fourth-order valence-electron chi connectivity index (χ4n) is 2.79. The van der Waals surface area contributed by atoms with Crippen LogP contribution in [0.3, 0.4) is 0 Å². The van der Waals surface area contributed by atoms with Crippen LogP contribution in [-0.2, 0) is 24.7 Å². The second kappa shape index (κ2) is 8.49. The molecule has 10 nitrogen and oxygen atoms in total. The number of nitrogens with zero attached hydrogens (tertiary/aromatic N) is 1. The highest BCUT2D eigenvalue weighted by Crippen LogP contribution is 2.41. The molecule has 1 unspecified atom stereocenters. The Morgan fingerprint density at radius 2 is 1.70 bits per heavy atom. The minimum absolute atomic E-state index is 0.269. The van der Waals surface area contributed by atoms with Gasteiger partial charge in [-0.1, -0.05) is 18.2 Å². The van der Waals surface area contributed by atoms with Crippen molar-refractivity contribution < 1.29 is 33.7 Å². The molecule has 166 valence electrons. The number of carbonyl (C=O) groups is 3. The van der Waals surface area contributed by atoms with Crippen molar-refractivity contribution >= 4 is 23.8 Å². The first-order valence-electron chi connectivity index (χ1n) is 9.49. The Morgan fingerprint density at radius 3 is 2.27 bits per heavy atom. The van der Waals surface area contributed by atoms with Crippen LogP contribution >= 0.6 is 0 Å². The monoisotopic (exact) mass is 423 g/mol. The van der Waals surface area contributed by atoms with Gasteiger partial charge in [0.05, 0.1) is 13.2 Å². The summed E-state index contributed by atoms with van der Waals surface area (Å²) in [6.45, 7) is 9.16. The third-order valence-corrected chi connectivity index (χ3v) is 3.74. The number of para-hydroxylation sites is 1.